The van der Waals surface area contributed by atoms with Gasteiger partial charge in [-0.1, -0.05) is 22.9 Å². The van der Waals surface area contributed by atoms with Crippen LogP contribution in [-0.2, 0) is 10.0 Å². The van der Waals surface area contributed by atoms with Crippen molar-refractivity contribution in [3.63, 3.8) is 0 Å². The van der Waals surface area contributed by atoms with E-state index >= 15 is 0 Å². The molecule has 1 atom stereocenters. The Morgan fingerprint density at radius 1 is 1.45 bits per heavy atom. The largest absolute Gasteiger partial charge is 0.366 e. The second-order valence-corrected chi connectivity index (χ2v) is 8.11. The molecule has 0 spiro atoms. The van der Waals surface area contributed by atoms with Crippen LogP contribution in [0.1, 0.15) is 30.1 Å². The Labute approximate surface area is 139 Å². The Balaban J connectivity index is 2.44. The minimum Gasteiger partial charge on any atom is -0.366 e. The summed E-state index contributed by atoms with van der Waals surface area (Å²) in [6.07, 6.45) is 1.52. The van der Waals surface area contributed by atoms with E-state index in [-0.39, 0.29) is 16.5 Å². The monoisotopic (exact) mass is 389 g/mol. The summed E-state index contributed by atoms with van der Waals surface area (Å²) in [5.74, 6) is -0.651. The number of sulfonamides is 1. The molecule has 1 unspecified atom stereocenters. The standard InChI is InChI=1S/C14H20BrN3O3S/c1-2-5-18(12-3-4-17-9-12)22(20,21)13-7-10(14(16)19)6-11(15)8-13/h6-8,12,17H,2-5,9H2,1H3,(H2,16,19). The first kappa shape index (κ1) is 17.4. The fraction of sp³-hybridized carbons (Fsp3) is 0.500. The van der Waals surface area contributed by atoms with Crippen molar-refractivity contribution in [2.75, 3.05) is 19.6 Å². The Morgan fingerprint density at radius 2 is 2.18 bits per heavy atom. The Morgan fingerprint density at radius 3 is 2.73 bits per heavy atom. The smallest absolute Gasteiger partial charge is 0.248 e. The van der Waals surface area contributed by atoms with Gasteiger partial charge in [0.25, 0.3) is 0 Å². The Bertz CT molecular complexity index is 657. The third-order valence-electron chi connectivity index (χ3n) is 3.65. The zero-order valence-corrected chi connectivity index (χ0v) is 14.8. The van der Waals surface area contributed by atoms with Gasteiger partial charge in [0.15, 0.2) is 0 Å². The first-order valence-corrected chi connectivity index (χ1v) is 9.42. The van der Waals surface area contributed by atoms with Crippen molar-refractivity contribution in [2.45, 2.75) is 30.7 Å². The molecule has 1 fully saturated rings. The quantitative estimate of drug-likeness (QED) is 0.766. The molecule has 1 aromatic rings. The maximum Gasteiger partial charge on any atom is 0.248 e. The van der Waals surface area contributed by atoms with E-state index in [2.05, 4.69) is 21.2 Å². The highest BCUT2D eigenvalue weighted by molar-refractivity contribution is 9.10. The molecule has 2 rings (SSSR count). The van der Waals surface area contributed by atoms with Gasteiger partial charge in [-0.2, -0.15) is 4.31 Å². The second kappa shape index (κ2) is 7.08. The highest BCUT2D eigenvalue weighted by Crippen LogP contribution is 2.25. The number of amides is 1. The van der Waals surface area contributed by atoms with E-state index < -0.39 is 15.9 Å². The minimum absolute atomic E-state index is 0.0547. The summed E-state index contributed by atoms with van der Waals surface area (Å²) in [4.78, 5) is 11.5. The molecular formula is C14H20BrN3O3S. The molecule has 0 aromatic heterocycles. The number of rotatable bonds is 6. The van der Waals surface area contributed by atoms with Crippen LogP contribution in [0, 0.1) is 0 Å². The molecule has 0 saturated carbocycles. The number of nitrogens with zero attached hydrogens (tertiary/aromatic N) is 1. The zero-order chi connectivity index (χ0) is 16.3. The summed E-state index contributed by atoms with van der Waals surface area (Å²) in [5.41, 5.74) is 5.45. The molecule has 8 heteroatoms. The van der Waals surface area contributed by atoms with Crippen molar-refractivity contribution >= 4 is 31.9 Å². The number of nitrogens with one attached hydrogen (secondary N) is 1. The van der Waals surface area contributed by atoms with Gasteiger partial charge in [-0.15, -0.1) is 0 Å². The number of halogens is 1. The molecule has 1 saturated heterocycles. The maximum absolute atomic E-state index is 13.0. The van der Waals surface area contributed by atoms with E-state index in [4.69, 9.17) is 5.73 Å². The van der Waals surface area contributed by atoms with Gasteiger partial charge in [0.1, 0.15) is 0 Å². The number of primary amides is 1. The summed E-state index contributed by atoms with van der Waals surface area (Å²) in [6.45, 7) is 3.86. The Kier molecular flexibility index (Phi) is 5.60. The van der Waals surface area contributed by atoms with E-state index in [1.54, 1.807) is 0 Å². The molecule has 122 valence electrons. The number of hydrogen-bond donors (Lipinski definition) is 2. The zero-order valence-electron chi connectivity index (χ0n) is 12.4. The molecule has 0 bridgehead atoms. The third-order valence-corrected chi connectivity index (χ3v) is 6.04. The van der Waals surface area contributed by atoms with Crippen LogP contribution in [0.4, 0.5) is 0 Å². The molecule has 1 aromatic carbocycles. The van der Waals surface area contributed by atoms with Crippen LogP contribution in [0.3, 0.4) is 0 Å². The van der Waals surface area contributed by atoms with Crippen LogP contribution in [0.15, 0.2) is 27.6 Å². The van der Waals surface area contributed by atoms with E-state index in [9.17, 15) is 13.2 Å². The lowest BCUT2D eigenvalue weighted by Crippen LogP contribution is -2.42. The fourth-order valence-corrected chi connectivity index (χ4v) is 5.06. The highest BCUT2D eigenvalue weighted by atomic mass is 79.9. The number of carbonyl (C=O) groups is 1. The lowest BCUT2D eigenvalue weighted by molar-refractivity contribution is 0.1000. The van der Waals surface area contributed by atoms with Gasteiger partial charge in [-0.3, -0.25) is 4.79 Å². The second-order valence-electron chi connectivity index (χ2n) is 5.30. The SMILES string of the molecule is CCCN(C1CCNC1)S(=O)(=O)c1cc(Br)cc(C(N)=O)c1. The van der Waals surface area contributed by atoms with Crippen molar-refractivity contribution in [3.8, 4) is 0 Å². The average molecular weight is 390 g/mol. The van der Waals surface area contributed by atoms with Gasteiger partial charge in [-0.05, 0) is 37.6 Å². The van der Waals surface area contributed by atoms with Crippen molar-refractivity contribution in [1.82, 2.24) is 9.62 Å². The topological polar surface area (TPSA) is 92.5 Å². The molecule has 3 N–H and O–H groups in total. The molecule has 0 aliphatic carbocycles. The van der Waals surface area contributed by atoms with Gasteiger partial charge < -0.3 is 11.1 Å². The normalized spacial score (nSPS) is 18.8. The number of benzene rings is 1. The molecule has 1 aliphatic rings. The van der Waals surface area contributed by atoms with Crippen LogP contribution >= 0.6 is 15.9 Å². The third kappa shape index (κ3) is 3.68. The van der Waals surface area contributed by atoms with Gasteiger partial charge in [0, 0.05) is 29.2 Å². The van der Waals surface area contributed by atoms with Crippen molar-refractivity contribution in [1.29, 1.82) is 0 Å². The molecular weight excluding hydrogens is 370 g/mol. The fourth-order valence-electron chi connectivity index (χ4n) is 2.59. The molecule has 1 aliphatic heterocycles. The minimum atomic E-state index is -3.67. The van der Waals surface area contributed by atoms with Crippen molar-refractivity contribution in [3.05, 3.63) is 28.2 Å². The summed E-state index contributed by atoms with van der Waals surface area (Å²) in [6, 6.07) is 4.31. The summed E-state index contributed by atoms with van der Waals surface area (Å²) in [5, 5.41) is 3.19. The lowest BCUT2D eigenvalue weighted by Gasteiger charge is -2.27. The molecule has 6 nitrogen and oxygen atoms in total. The first-order chi connectivity index (χ1) is 10.4. The number of hydrogen-bond acceptors (Lipinski definition) is 4. The molecule has 1 heterocycles. The predicted octanol–water partition coefficient (Wildman–Crippen LogP) is 1.31. The average Bonchev–Trinajstić information content (AvgIpc) is 2.97. The lowest BCUT2D eigenvalue weighted by atomic mass is 10.2. The van der Waals surface area contributed by atoms with E-state index in [0.29, 0.717) is 17.6 Å². The van der Waals surface area contributed by atoms with Gasteiger partial charge in [-0.25, -0.2) is 8.42 Å². The molecule has 0 radical (unpaired) electrons. The van der Waals surface area contributed by atoms with Crippen LogP contribution in [0.25, 0.3) is 0 Å². The molecule has 22 heavy (non-hydrogen) atoms. The highest BCUT2D eigenvalue weighted by Gasteiger charge is 2.33. The van der Waals surface area contributed by atoms with Gasteiger partial charge >= 0.3 is 0 Å². The summed E-state index contributed by atoms with van der Waals surface area (Å²) in [7, 11) is -3.67. The summed E-state index contributed by atoms with van der Waals surface area (Å²) < 4.78 is 28.0. The van der Waals surface area contributed by atoms with Crippen LogP contribution < -0.4 is 11.1 Å². The molecule has 1 amide bonds. The summed E-state index contributed by atoms with van der Waals surface area (Å²) >= 11 is 3.24. The van der Waals surface area contributed by atoms with Gasteiger partial charge in [0.2, 0.25) is 15.9 Å². The van der Waals surface area contributed by atoms with Crippen LogP contribution in [0.5, 0.6) is 0 Å². The maximum atomic E-state index is 13.0. The van der Waals surface area contributed by atoms with Gasteiger partial charge in [0.05, 0.1) is 4.90 Å². The first-order valence-electron chi connectivity index (χ1n) is 7.19. The number of carbonyl (C=O) groups excluding carboxylic acids is 1. The Hall–Kier alpha value is -0.960. The van der Waals surface area contributed by atoms with Crippen LogP contribution in [-0.4, -0.2) is 44.3 Å². The predicted molar refractivity (Wildman–Crippen MR) is 88.1 cm³/mol. The van der Waals surface area contributed by atoms with Crippen LogP contribution in [0.2, 0.25) is 0 Å². The van der Waals surface area contributed by atoms with Crippen molar-refractivity contribution in [2.24, 2.45) is 5.73 Å². The van der Waals surface area contributed by atoms with Crippen molar-refractivity contribution < 1.29 is 13.2 Å². The van der Waals surface area contributed by atoms with E-state index in [0.717, 1.165) is 19.4 Å². The van der Waals surface area contributed by atoms with E-state index in [1.807, 2.05) is 6.92 Å². The number of nitrogens with two attached hydrogens (primary N) is 1. The van der Waals surface area contributed by atoms with E-state index in [1.165, 1.54) is 22.5 Å².